The Hall–Kier alpha value is -1.13. The summed E-state index contributed by atoms with van der Waals surface area (Å²) >= 11 is 0. The molecular formula is C13H19FN2O. The number of benzene rings is 1. The number of morpholine rings is 1. The normalized spacial score (nSPS) is 25.1. The van der Waals surface area contributed by atoms with E-state index in [0.29, 0.717) is 12.2 Å². The van der Waals surface area contributed by atoms with Gasteiger partial charge in [0, 0.05) is 30.4 Å². The van der Waals surface area contributed by atoms with Crippen molar-refractivity contribution in [2.75, 3.05) is 18.1 Å². The molecule has 1 aliphatic heterocycles. The van der Waals surface area contributed by atoms with Crippen molar-refractivity contribution in [2.24, 2.45) is 5.73 Å². The largest absolute Gasteiger partial charge is 0.375 e. The van der Waals surface area contributed by atoms with Gasteiger partial charge in [0.25, 0.3) is 0 Å². The summed E-state index contributed by atoms with van der Waals surface area (Å²) in [4.78, 5) is 2.18. The van der Waals surface area contributed by atoms with Crippen molar-refractivity contribution in [2.45, 2.75) is 32.5 Å². The molecule has 17 heavy (non-hydrogen) atoms. The van der Waals surface area contributed by atoms with Crippen LogP contribution in [0.3, 0.4) is 0 Å². The van der Waals surface area contributed by atoms with Crippen LogP contribution in [0.25, 0.3) is 0 Å². The van der Waals surface area contributed by atoms with E-state index in [2.05, 4.69) is 11.8 Å². The smallest absolute Gasteiger partial charge is 0.129 e. The van der Waals surface area contributed by atoms with E-state index in [1.54, 1.807) is 6.07 Å². The minimum Gasteiger partial charge on any atom is -0.375 e. The van der Waals surface area contributed by atoms with Gasteiger partial charge < -0.3 is 15.4 Å². The Balaban J connectivity index is 2.35. The van der Waals surface area contributed by atoms with E-state index < -0.39 is 0 Å². The van der Waals surface area contributed by atoms with Crippen molar-refractivity contribution in [3.05, 3.63) is 29.6 Å². The topological polar surface area (TPSA) is 38.5 Å². The van der Waals surface area contributed by atoms with Crippen LogP contribution in [0.1, 0.15) is 19.4 Å². The monoisotopic (exact) mass is 238 g/mol. The third-order valence-corrected chi connectivity index (χ3v) is 3.22. The summed E-state index contributed by atoms with van der Waals surface area (Å²) in [6, 6.07) is 5.37. The second-order valence-corrected chi connectivity index (χ2v) is 4.59. The van der Waals surface area contributed by atoms with Gasteiger partial charge in [0.15, 0.2) is 0 Å². The van der Waals surface area contributed by atoms with Gasteiger partial charge in [-0.2, -0.15) is 0 Å². The molecule has 2 rings (SSSR count). The summed E-state index contributed by atoms with van der Waals surface area (Å²) in [5, 5.41) is 0. The summed E-state index contributed by atoms with van der Waals surface area (Å²) in [7, 11) is 0. The van der Waals surface area contributed by atoms with Crippen molar-refractivity contribution in [3.63, 3.8) is 0 Å². The van der Waals surface area contributed by atoms with Gasteiger partial charge in [-0.25, -0.2) is 4.39 Å². The quantitative estimate of drug-likeness (QED) is 0.855. The molecule has 2 atom stereocenters. The molecule has 0 saturated carbocycles. The van der Waals surface area contributed by atoms with Gasteiger partial charge >= 0.3 is 0 Å². The number of nitrogens with zero attached hydrogens (tertiary/aromatic N) is 1. The number of rotatable bonds is 2. The predicted molar refractivity (Wildman–Crippen MR) is 66.5 cm³/mol. The van der Waals surface area contributed by atoms with Crippen LogP contribution in [0.2, 0.25) is 0 Å². The fraction of sp³-hybridized carbons (Fsp3) is 0.538. The van der Waals surface area contributed by atoms with Gasteiger partial charge in [-0.05, 0) is 26.0 Å². The van der Waals surface area contributed by atoms with Crippen molar-refractivity contribution in [1.82, 2.24) is 0 Å². The first-order valence-corrected chi connectivity index (χ1v) is 5.99. The highest BCUT2D eigenvalue weighted by Gasteiger charge is 2.25. The molecule has 1 fully saturated rings. The number of halogens is 1. The lowest BCUT2D eigenvalue weighted by atomic mass is 10.1. The van der Waals surface area contributed by atoms with Gasteiger partial charge in [0.1, 0.15) is 5.82 Å². The lowest BCUT2D eigenvalue weighted by molar-refractivity contribution is 0.0343. The molecule has 0 radical (unpaired) electrons. The second-order valence-electron chi connectivity index (χ2n) is 4.59. The third kappa shape index (κ3) is 2.42. The van der Waals surface area contributed by atoms with Crippen molar-refractivity contribution in [1.29, 1.82) is 0 Å². The first kappa shape index (κ1) is 12.3. The molecular weight excluding hydrogens is 219 g/mol. The van der Waals surface area contributed by atoms with Crippen molar-refractivity contribution in [3.8, 4) is 0 Å². The highest BCUT2D eigenvalue weighted by Crippen LogP contribution is 2.27. The fourth-order valence-corrected chi connectivity index (χ4v) is 2.26. The first-order chi connectivity index (χ1) is 8.13. The standard InChI is InChI=1S/C13H19FN2O/c1-9-8-17-10(2)7-16(9)13-5-3-4-12(14)11(13)6-15/h3-5,9-10H,6-8,15H2,1-2H3. The Morgan fingerprint density at radius 3 is 2.94 bits per heavy atom. The van der Waals surface area contributed by atoms with E-state index in [4.69, 9.17) is 10.5 Å². The lowest BCUT2D eigenvalue weighted by Gasteiger charge is -2.39. The Bertz CT molecular complexity index is 397. The summed E-state index contributed by atoms with van der Waals surface area (Å²) in [6.07, 6.45) is 0.167. The zero-order valence-corrected chi connectivity index (χ0v) is 10.3. The molecule has 1 aromatic carbocycles. The number of hydrogen-bond acceptors (Lipinski definition) is 3. The van der Waals surface area contributed by atoms with E-state index in [9.17, 15) is 4.39 Å². The highest BCUT2D eigenvalue weighted by atomic mass is 19.1. The summed E-state index contributed by atoms with van der Waals surface area (Å²) in [5.74, 6) is -0.226. The fourth-order valence-electron chi connectivity index (χ4n) is 2.26. The van der Waals surface area contributed by atoms with Crippen LogP contribution in [0, 0.1) is 5.82 Å². The van der Waals surface area contributed by atoms with Gasteiger partial charge in [0.2, 0.25) is 0 Å². The molecule has 1 aromatic rings. The molecule has 2 N–H and O–H groups in total. The van der Waals surface area contributed by atoms with E-state index in [1.165, 1.54) is 6.07 Å². The van der Waals surface area contributed by atoms with Crippen LogP contribution < -0.4 is 10.6 Å². The molecule has 0 amide bonds. The number of anilines is 1. The Morgan fingerprint density at radius 1 is 1.47 bits per heavy atom. The first-order valence-electron chi connectivity index (χ1n) is 5.99. The van der Waals surface area contributed by atoms with Crippen LogP contribution in [-0.2, 0) is 11.3 Å². The number of hydrogen-bond donors (Lipinski definition) is 1. The lowest BCUT2D eigenvalue weighted by Crippen LogP contribution is -2.48. The van der Waals surface area contributed by atoms with Gasteiger partial charge in [-0.15, -0.1) is 0 Å². The molecule has 1 heterocycles. The van der Waals surface area contributed by atoms with Crippen LogP contribution in [0.4, 0.5) is 10.1 Å². The predicted octanol–water partition coefficient (Wildman–Crippen LogP) is 1.90. The zero-order chi connectivity index (χ0) is 12.4. The Labute approximate surface area is 101 Å². The van der Waals surface area contributed by atoms with Crippen molar-refractivity contribution >= 4 is 5.69 Å². The maximum absolute atomic E-state index is 13.7. The van der Waals surface area contributed by atoms with Gasteiger partial charge in [-0.1, -0.05) is 6.07 Å². The minimum absolute atomic E-state index is 0.167. The third-order valence-electron chi connectivity index (χ3n) is 3.22. The molecule has 0 spiro atoms. The van der Waals surface area contributed by atoms with Crippen LogP contribution >= 0.6 is 0 Å². The molecule has 1 aliphatic rings. The summed E-state index contributed by atoms with van der Waals surface area (Å²) in [6.45, 7) is 5.77. The van der Waals surface area contributed by atoms with Gasteiger partial charge in [-0.3, -0.25) is 0 Å². The van der Waals surface area contributed by atoms with E-state index in [-0.39, 0.29) is 24.5 Å². The van der Waals surface area contributed by atoms with Crippen molar-refractivity contribution < 1.29 is 9.13 Å². The Kier molecular flexibility index (Phi) is 3.64. The minimum atomic E-state index is -0.226. The molecule has 94 valence electrons. The molecule has 0 bridgehead atoms. The maximum Gasteiger partial charge on any atom is 0.129 e. The number of ether oxygens (including phenoxy) is 1. The summed E-state index contributed by atoms with van der Waals surface area (Å²) in [5.41, 5.74) is 7.13. The van der Waals surface area contributed by atoms with Gasteiger partial charge in [0.05, 0.1) is 12.7 Å². The molecule has 2 unspecified atom stereocenters. The Morgan fingerprint density at radius 2 is 2.24 bits per heavy atom. The van der Waals surface area contributed by atoms with E-state index >= 15 is 0 Å². The second kappa shape index (κ2) is 5.02. The molecule has 0 aliphatic carbocycles. The van der Waals surface area contributed by atoms with Crippen LogP contribution in [0.5, 0.6) is 0 Å². The average molecular weight is 238 g/mol. The molecule has 3 nitrogen and oxygen atoms in total. The highest BCUT2D eigenvalue weighted by molar-refractivity contribution is 5.55. The van der Waals surface area contributed by atoms with E-state index in [0.717, 1.165) is 12.2 Å². The van der Waals surface area contributed by atoms with Crippen LogP contribution in [-0.4, -0.2) is 25.3 Å². The molecule has 1 saturated heterocycles. The SMILES string of the molecule is CC1CN(c2cccc(F)c2CN)C(C)CO1. The van der Waals surface area contributed by atoms with E-state index in [1.807, 2.05) is 13.0 Å². The maximum atomic E-state index is 13.7. The zero-order valence-electron chi connectivity index (χ0n) is 10.3. The average Bonchev–Trinajstić information content (AvgIpc) is 2.32. The molecule has 0 aromatic heterocycles. The summed E-state index contributed by atoms with van der Waals surface area (Å²) < 4.78 is 19.3. The van der Waals surface area contributed by atoms with Crippen LogP contribution in [0.15, 0.2) is 18.2 Å². The molecule has 4 heteroatoms. The number of nitrogens with two attached hydrogens (primary N) is 1.